The van der Waals surface area contributed by atoms with Crippen LogP contribution in [0, 0.1) is 13.8 Å². The smallest absolute Gasteiger partial charge is 0.391 e. The molecule has 0 saturated carbocycles. The van der Waals surface area contributed by atoms with Gasteiger partial charge in [0.15, 0.2) is 11.2 Å². The van der Waals surface area contributed by atoms with Crippen molar-refractivity contribution in [3.05, 3.63) is 75.6 Å². The number of nitrogens with one attached hydrogen (secondary N) is 2. The summed E-state index contributed by atoms with van der Waals surface area (Å²) in [6, 6.07) is 11.7. The number of carbonyl (C=O) groups is 2. The number of para-hydroxylation sites is 1. The fourth-order valence-electron chi connectivity index (χ4n) is 3.78. The van der Waals surface area contributed by atoms with Crippen molar-refractivity contribution in [2.24, 2.45) is 0 Å². The summed E-state index contributed by atoms with van der Waals surface area (Å²) in [5.41, 5.74) is 4.29. The van der Waals surface area contributed by atoms with Gasteiger partial charge in [-0.05, 0) is 50.1 Å². The highest BCUT2D eigenvalue weighted by Crippen LogP contribution is 2.23. The second-order valence-electron chi connectivity index (χ2n) is 8.08. The molecule has 0 radical (unpaired) electrons. The predicted octanol–water partition coefficient (Wildman–Crippen LogP) is 4.43. The van der Waals surface area contributed by atoms with E-state index in [4.69, 9.17) is 8.83 Å². The first-order valence-corrected chi connectivity index (χ1v) is 11.1. The highest BCUT2D eigenvalue weighted by atomic mass is 16.6. The minimum Gasteiger partial charge on any atom is -0.391 e. The van der Waals surface area contributed by atoms with E-state index in [1.54, 1.807) is 42.5 Å². The van der Waals surface area contributed by atoms with Crippen LogP contribution >= 0.6 is 0 Å². The maximum Gasteiger partial charge on any atom is 0.519 e. The van der Waals surface area contributed by atoms with Crippen molar-refractivity contribution in [3.63, 3.8) is 0 Å². The zero-order chi connectivity index (χ0) is 24.2. The number of anilines is 2. The first-order valence-electron chi connectivity index (χ1n) is 11.1. The Morgan fingerprint density at radius 1 is 1.03 bits per heavy atom. The van der Waals surface area contributed by atoms with Crippen molar-refractivity contribution in [3.8, 4) is 0 Å². The maximum atomic E-state index is 13.1. The van der Waals surface area contributed by atoms with Crippen LogP contribution in [0.5, 0.6) is 0 Å². The van der Waals surface area contributed by atoms with Crippen molar-refractivity contribution in [1.29, 1.82) is 0 Å². The molecule has 0 spiro atoms. The third-order valence-corrected chi connectivity index (χ3v) is 5.55. The quantitative estimate of drug-likeness (QED) is 0.400. The van der Waals surface area contributed by atoms with Gasteiger partial charge in [-0.3, -0.25) is 14.3 Å². The lowest BCUT2D eigenvalue weighted by Gasteiger charge is -2.12. The van der Waals surface area contributed by atoms with Crippen molar-refractivity contribution >= 4 is 34.4 Å². The molecule has 4 rings (SSSR count). The summed E-state index contributed by atoms with van der Waals surface area (Å²) in [6.07, 6.45) is 2.09. The average molecular weight is 463 g/mol. The van der Waals surface area contributed by atoms with Gasteiger partial charge in [-0.2, -0.15) is 5.10 Å². The van der Waals surface area contributed by atoms with Crippen molar-refractivity contribution < 1.29 is 18.4 Å². The molecule has 0 fully saturated rings. The number of aromatic nitrogens is 2. The molecule has 4 aromatic rings. The number of amides is 2. The number of carbonyl (C=O) groups excluding carboxylic acids is 2. The van der Waals surface area contributed by atoms with Crippen LogP contribution in [0.1, 0.15) is 47.1 Å². The number of hydrogen-bond acceptors (Lipinski definition) is 6. The lowest BCUT2D eigenvalue weighted by Crippen LogP contribution is -2.19. The molecule has 0 saturated heterocycles. The topological polar surface area (TPSA) is 119 Å². The van der Waals surface area contributed by atoms with E-state index in [-0.39, 0.29) is 23.8 Å². The van der Waals surface area contributed by atoms with Gasteiger partial charge < -0.3 is 19.5 Å². The van der Waals surface area contributed by atoms with Gasteiger partial charge in [-0.25, -0.2) is 4.79 Å². The molecule has 9 heteroatoms. The highest BCUT2D eigenvalue weighted by molar-refractivity contribution is 6.10. The number of hydrogen-bond donors (Lipinski definition) is 2. The predicted molar refractivity (Wildman–Crippen MR) is 128 cm³/mol. The molecule has 9 nitrogen and oxygen atoms in total. The van der Waals surface area contributed by atoms with Crippen molar-refractivity contribution in [1.82, 2.24) is 9.78 Å². The van der Waals surface area contributed by atoms with Gasteiger partial charge in [0.1, 0.15) is 0 Å². The van der Waals surface area contributed by atoms with Gasteiger partial charge in [0, 0.05) is 6.54 Å². The number of aryl methyl sites for hydroxylation is 2. The summed E-state index contributed by atoms with van der Waals surface area (Å²) >= 11 is 0. The summed E-state index contributed by atoms with van der Waals surface area (Å²) in [7, 11) is 0. The Bertz CT molecular complexity index is 1410. The molecule has 0 unspecified atom stereocenters. The average Bonchev–Trinajstić information content (AvgIpc) is 3.30. The van der Waals surface area contributed by atoms with Crippen LogP contribution in [0.4, 0.5) is 11.4 Å². The molecular formula is C25H26N4O5. The van der Waals surface area contributed by atoms with E-state index in [2.05, 4.69) is 22.7 Å². The van der Waals surface area contributed by atoms with Crippen LogP contribution in [0.25, 0.3) is 11.2 Å². The normalized spacial score (nSPS) is 11.0. The Hall–Kier alpha value is -4.14. The van der Waals surface area contributed by atoms with Crippen LogP contribution in [0.2, 0.25) is 0 Å². The lowest BCUT2D eigenvalue weighted by molar-refractivity contribution is -0.115. The van der Waals surface area contributed by atoms with Gasteiger partial charge in [-0.15, -0.1) is 0 Å². The Kier molecular flexibility index (Phi) is 6.62. The van der Waals surface area contributed by atoms with E-state index in [1.807, 2.05) is 18.5 Å². The molecule has 176 valence electrons. The first-order chi connectivity index (χ1) is 16.4. The fourth-order valence-corrected chi connectivity index (χ4v) is 3.78. The number of nitrogens with zero attached hydrogens (tertiary/aromatic N) is 2. The van der Waals surface area contributed by atoms with Crippen molar-refractivity contribution in [2.75, 3.05) is 10.6 Å². The van der Waals surface area contributed by atoms with Crippen molar-refractivity contribution in [2.45, 2.75) is 46.6 Å². The monoisotopic (exact) mass is 462 g/mol. The van der Waals surface area contributed by atoms with Crippen LogP contribution < -0.4 is 16.5 Å². The van der Waals surface area contributed by atoms with E-state index in [1.165, 1.54) is 0 Å². The van der Waals surface area contributed by atoms with Crippen LogP contribution in [0.3, 0.4) is 0 Å². The van der Waals surface area contributed by atoms with Crippen LogP contribution in [-0.4, -0.2) is 21.6 Å². The Morgan fingerprint density at radius 3 is 2.59 bits per heavy atom. The van der Waals surface area contributed by atoms with Crippen LogP contribution in [-0.2, 0) is 17.8 Å². The summed E-state index contributed by atoms with van der Waals surface area (Å²) in [4.78, 5) is 37.0. The summed E-state index contributed by atoms with van der Waals surface area (Å²) in [5.74, 6) is -1.44. The zero-order valence-corrected chi connectivity index (χ0v) is 19.3. The summed E-state index contributed by atoms with van der Waals surface area (Å²) in [6.45, 7) is 6.70. The molecule has 2 amide bonds. The Labute approximate surface area is 195 Å². The van der Waals surface area contributed by atoms with E-state index in [0.717, 1.165) is 30.8 Å². The second kappa shape index (κ2) is 9.78. The van der Waals surface area contributed by atoms with E-state index < -0.39 is 5.82 Å². The summed E-state index contributed by atoms with van der Waals surface area (Å²) < 4.78 is 11.7. The largest absolute Gasteiger partial charge is 0.519 e. The molecule has 0 aliphatic carbocycles. The molecule has 0 atom stereocenters. The van der Waals surface area contributed by atoms with E-state index >= 15 is 0 Å². The third-order valence-electron chi connectivity index (χ3n) is 5.55. The van der Waals surface area contributed by atoms with Gasteiger partial charge in [0.2, 0.25) is 5.91 Å². The van der Waals surface area contributed by atoms with Gasteiger partial charge in [0.05, 0.1) is 34.7 Å². The molecule has 2 heterocycles. The molecule has 34 heavy (non-hydrogen) atoms. The fraction of sp³-hybridized carbons (Fsp3) is 0.280. The van der Waals surface area contributed by atoms with Gasteiger partial charge in [0.25, 0.3) is 5.91 Å². The zero-order valence-electron chi connectivity index (χ0n) is 19.3. The number of benzene rings is 2. The minimum atomic E-state index is -0.794. The molecule has 2 N–H and O–H groups in total. The number of rotatable bonds is 8. The molecule has 0 aliphatic rings. The first kappa shape index (κ1) is 23.0. The van der Waals surface area contributed by atoms with Gasteiger partial charge >= 0.3 is 5.82 Å². The standard InChI is InChI=1S/C25H26N4O5/c1-4-5-12-29-16(3)23(15(2)28-29)27-24(31)18-8-6-7-9-19(18)26-22(30)14-17-10-11-20-21(13-17)34-25(32)33-20/h6-11,13H,4-5,12,14H2,1-3H3,(H,26,30)(H,27,31). The highest BCUT2D eigenvalue weighted by Gasteiger charge is 2.18. The number of unbranched alkanes of at least 4 members (excludes halogenated alkanes) is 1. The molecule has 0 bridgehead atoms. The molecule has 2 aromatic heterocycles. The molecular weight excluding hydrogens is 436 g/mol. The molecule has 2 aromatic carbocycles. The van der Waals surface area contributed by atoms with Gasteiger partial charge in [-0.1, -0.05) is 31.5 Å². The second-order valence-corrected chi connectivity index (χ2v) is 8.08. The lowest BCUT2D eigenvalue weighted by atomic mass is 10.1. The number of fused-ring (bicyclic) bond motifs is 1. The SMILES string of the molecule is CCCCn1nc(C)c(NC(=O)c2ccccc2NC(=O)Cc2ccc3oc(=O)oc3c2)c1C. The van der Waals surface area contributed by atoms with Crippen LogP contribution in [0.15, 0.2) is 56.1 Å². The minimum absolute atomic E-state index is 0.0310. The maximum absolute atomic E-state index is 13.1. The summed E-state index contributed by atoms with van der Waals surface area (Å²) in [5, 5.41) is 10.3. The Morgan fingerprint density at radius 2 is 1.79 bits per heavy atom. The van der Waals surface area contributed by atoms with E-state index in [0.29, 0.717) is 28.1 Å². The third kappa shape index (κ3) is 4.93. The Balaban J connectivity index is 1.49. The molecule has 0 aliphatic heterocycles. The van der Waals surface area contributed by atoms with E-state index in [9.17, 15) is 14.4 Å².